The quantitative estimate of drug-likeness (QED) is 0.863. The zero-order chi connectivity index (χ0) is 12.4. The summed E-state index contributed by atoms with van der Waals surface area (Å²) in [6.07, 6.45) is 3.77. The Labute approximate surface area is 107 Å². The second kappa shape index (κ2) is 5.04. The van der Waals surface area contributed by atoms with E-state index in [1.54, 1.807) is 0 Å². The molecule has 1 saturated carbocycles. The van der Waals surface area contributed by atoms with Crippen LogP contribution in [0.4, 0.5) is 0 Å². The molecule has 0 aliphatic heterocycles. The molecule has 0 unspecified atom stereocenters. The van der Waals surface area contributed by atoms with Crippen molar-refractivity contribution in [1.82, 2.24) is 10.3 Å². The molecular weight excluding hydrogens is 224 g/mol. The minimum atomic E-state index is -0.0564. The molecule has 3 nitrogen and oxygen atoms in total. The molecule has 2 N–H and O–H groups in total. The molecule has 1 aromatic heterocycles. The van der Waals surface area contributed by atoms with Crippen molar-refractivity contribution in [2.45, 2.75) is 25.5 Å². The van der Waals surface area contributed by atoms with Crippen molar-refractivity contribution >= 4 is 10.9 Å². The van der Waals surface area contributed by atoms with Gasteiger partial charge in [0.15, 0.2) is 0 Å². The van der Waals surface area contributed by atoms with Gasteiger partial charge in [-0.25, -0.2) is 0 Å². The van der Waals surface area contributed by atoms with E-state index in [4.69, 9.17) is 0 Å². The van der Waals surface area contributed by atoms with Crippen LogP contribution in [-0.2, 0) is 6.54 Å². The minimum absolute atomic E-state index is 0.0564. The highest BCUT2D eigenvalue weighted by atomic mass is 16.3. The van der Waals surface area contributed by atoms with Gasteiger partial charge in [-0.15, -0.1) is 0 Å². The predicted octanol–water partition coefficient (Wildman–Crippen LogP) is 2.10. The molecule has 0 radical (unpaired) electrons. The van der Waals surface area contributed by atoms with Gasteiger partial charge < -0.3 is 10.4 Å². The van der Waals surface area contributed by atoms with Crippen LogP contribution in [0.1, 0.15) is 18.4 Å². The number of pyridine rings is 1. The molecule has 1 heterocycles. The van der Waals surface area contributed by atoms with Crippen LogP contribution in [0.2, 0.25) is 0 Å². The van der Waals surface area contributed by atoms with E-state index in [9.17, 15) is 5.11 Å². The number of nitrogens with zero attached hydrogens (tertiary/aromatic N) is 1. The van der Waals surface area contributed by atoms with E-state index >= 15 is 0 Å². The molecule has 0 saturated heterocycles. The topological polar surface area (TPSA) is 45.1 Å². The second-order valence-corrected chi connectivity index (χ2v) is 5.16. The summed E-state index contributed by atoms with van der Waals surface area (Å²) in [5.41, 5.74) is 2.26. The number of aromatic nitrogens is 1. The predicted molar refractivity (Wildman–Crippen MR) is 72.2 cm³/mol. The zero-order valence-electron chi connectivity index (χ0n) is 10.3. The van der Waals surface area contributed by atoms with Crippen LogP contribution in [-0.4, -0.2) is 22.7 Å². The summed E-state index contributed by atoms with van der Waals surface area (Å²) in [6.45, 7) is 1.84. The fourth-order valence-electron chi connectivity index (χ4n) is 2.50. The Balaban J connectivity index is 1.57. The van der Waals surface area contributed by atoms with Gasteiger partial charge in [0.25, 0.3) is 0 Å². The Hall–Kier alpha value is -1.45. The van der Waals surface area contributed by atoms with Gasteiger partial charge in [0.1, 0.15) is 0 Å². The first-order valence-electron chi connectivity index (χ1n) is 6.54. The molecule has 0 spiro atoms. The maximum atomic E-state index is 9.22. The lowest BCUT2D eigenvalue weighted by Crippen LogP contribution is -2.35. The van der Waals surface area contributed by atoms with Crippen LogP contribution >= 0.6 is 0 Å². The van der Waals surface area contributed by atoms with E-state index in [1.165, 1.54) is 10.9 Å². The maximum Gasteiger partial charge on any atom is 0.0702 e. The van der Waals surface area contributed by atoms with Crippen molar-refractivity contribution in [1.29, 1.82) is 0 Å². The number of aliphatic hydroxyl groups excluding tert-OH is 1. The highest BCUT2D eigenvalue weighted by Gasteiger charge is 2.26. The first-order chi connectivity index (χ1) is 8.81. The normalized spacial score (nSPS) is 22.9. The van der Waals surface area contributed by atoms with Crippen molar-refractivity contribution in [3.63, 3.8) is 0 Å². The van der Waals surface area contributed by atoms with Crippen LogP contribution in [0.15, 0.2) is 36.5 Å². The summed E-state index contributed by atoms with van der Waals surface area (Å²) < 4.78 is 0. The SMILES string of the molecule is OC1CC(CNCc2cnc3ccccc3c2)C1. The second-order valence-electron chi connectivity index (χ2n) is 5.16. The van der Waals surface area contributed by atoms with E-state index in [-0.39, 0.29) is 6.10 Å². The maximum absolute atomic E-state index is 9.22. The molecule has 0 atom stereocenters. The molecule has 3 heteroatoms. The third-order valence-corrected chi connectivity index (χ3v) is 3.62. The summed E-state index contributed by atoms with van der Waals surface area (Å²) in [5, 5.41) is 13.8. The number of para-hydroxylation sites is 1. The molecular formula is C15H18N2O. The molecule has 1 aromatic carbocycles. The van der Waals surface area contributed by atoms with Crippen LogP contribution in [0.5, 0.6) is 0 Å². The summed E-state index contributed by atoms with van der Waals surface area (Å²) >= 11 is 0. The Morgan fingerprint density at radius 1 is 1.28 bits per heavy atom. The standard InChI is InChI=1S/C15H18N2O/c18-14-6-11(7-14)8-16-9-12-5-13-3-1-2-4-15(13)17-10-12/h1-5,10-11,14,16,18H,6-9H2. The summed E-state index contributed by atoms with van der Waals surface area (Å²) in [7, 11) is 0. The number of rotatable bonds is 4. The van der Waals surface area contributed by atoms with Crippen molar-refractivity contribution in [2.75, 3.05) is 6.54 Å². The van der Waals surface area contributed by atoms with Gasteiger partial charge in [0.05, 0.1) is 11.6 Å². The van der Waals surface area contributed by atoms with Crippen LogP contribution in [0.3, 0.4) is 0 Å². The number of hydrogen-bond donors (Lipinski definition) is 2. The molecule has 0 bridgehead atoms. The molecule has 0 amide bonds. The monoisotopic (exact) mass is 242 g/mol. The highest BCUT2D eigenvalue weighted by molar-refractivity contribution is 5.78. The minimum Gasteiger partial charge on any atom is -0.393 e. The lowest BCUT2D eigenvalue weighted by molar-refractivity contribution is 0.0430. The number of fused-ring (bicyclic) bond motifs is 1. The molecule has 3 rings (SSSR count). The van der Waals surface area contributed by atoms with Gasteiger partial charge >= 0.3 is 0 Å². The first-order valence-corrected chi connectivity index (χ1v) is 6.54. The molecule has 1 fully saturated rings. The van der Waals surface area contributed by atoms with E-state index < -0.39 is 0 Å². The van der Waals surface area contributed by atoms with Crippen molar-refractivity contribution < 1.29 is 5.11 Å². The van der Waals surface area contributed by atoms with Crippen molar-refractivity contribution in [2.24, 2.45) is 5.92 Å². The van der Waals surface area contributed by atoms with Gasteiger partial charge in [-0.1, -0.05) is 18.2 Å². The molecule has 18 heavy (non-hydrogen) atoms. The number of hydrogen-bond acceptors (Lipinski definition) is 3. The molecule has 2 aromatic rings. The largest absolute Gasteiger partial charge is 0.393 e. The fraction of sp³-hybridized carbons (Fsp3) is 0.400. The van der Waals surface area contributed by atoms with Crippen LogP contribution < -0.4 is 5.32 Å². The third-order valence-electron chi connectivity index (χ3n) is 3.62. The summed E-state index contributed by atoms with van der Waals surface area (Å²) in [5.74, 6) is 0.647. The molecule has 94 valence electrons. The Bertz CT molecular complexity index is 535. The zero-order valence-corrected chi connectivity index (χ0v) is 10.3. The molecule has 1 aliphatic carbocycles. The van der Waals surface area contributed by atoms with E-state index in [1.807, 2.05) is 24.4 Å². The number of nitrogens with one attached hydrogen (secondary N) is 1. The number of aliphatic hydroxyl groups is 1. The van der Waals surface area contributed by atoms with Crippen LogP contribution in [0, 0.1) is 5.92 Å². The summed E-state index contributed by atoms with van der Waals surface area (Å²) in [6, 6.07) is 10.4. The van der Waals surface area contributed by atoms with Gasteiger partial charge in [-0.05, 0) is 43.0 Å². The Morgan fingerprint density at radius 2 is 2.11 bits per heavy atom. The van der Waals surface area contributed by atoms with E-state index in [2.05, 4.69) is 22.4 Å². The lowest BCUT2D eigenvalue weighted by Gasteiger charge is -2.31. The average molecular weight is 242 g/mol. The smallest absolute Gasteiger partial charge is 0.0702 e. The van der Waals surface area contributed by atoms with Crippen LogP contribution in [0.25, 0.3) is 10.9 Å². The van der Waals surface area contributed by atoms with Gasteiger partial charge in [0.2, 0.25) is 0 Å². The molecule has 1 aliphatic rings. The van der Waals surface area contributed by atoms with E-state index in [0.29, 0.717) is 5.92 Å². The van der Waals surface area contributed by atoms with Crippen molar-refractivity contribution in [3.05, 3.63) is 42.1 Å². The lowest BCUT2D eigenvalue weighted by atomic mass is 9.82. The summed E-state index contributed by atoms with van der Waals surface area (Å²) in [4.78, 5) is 4.45. The van der Waals surface area contributed by atoms with E-state index in [0.717, 1.165) is 31.4 Å². The Kier molecular flexibility index (Phi) is 3.26. The van der Waals surface area contributed by atoms with Crippen molar-refractivity contribution in [3.8, 4) is 0 Å². The highest BCUT2D eigenvalue weighted by Crippen LogP contribution is 2.26. The fourth-order valence-corrected chi connectivity index (χ4v) is 2.50. The number of benzene rings is 1. The van der Waals surface area contributed by atoms with Gasteiger partial charge in [0, 0.05) is 18.1 Å². The Morgan fingerprint density at radius 3 is 2.94 bits per heavy atom. The third kappa shape index (κ3) is 2.52. The van der Waals surface area contributed by atoms with Gasteiger partial charge in [-0.2, -0.15) is 0 Å². The average Bonchev–Trinajstić information content (AvgIpc) is 2.36. The van der Waals surface area contributed by atoms with Gasteiger partial charge in [-0.3, -0.25) is 4.98 Å². The first kappa shape index (κ1) is 11.6.